The Bertz CT molecular complexity index is 498. The number of rotatable bonds is 1. The highest BCUT2D eigenvalue weighted by Crippen LogP contribution is 2.27. The standard InChI is InChI=1S/C12H10I2N2.2ClH/c13-9-5-7(1-3-11(9)15)8-2-4-12(16)10(14)6-8;;/h1-6H,15-16H2;2*1H. The van der Waals surface area contributed by atoms with E-state index in [4.69, 9.17) is 11.5 Å². The van der Waals surface area contributed by atoms with Crippen LogP contribution in [-0.4, -0.2) is 0 Å². The molecule has 0 saturated heterocycles. The molecule has 0 saturated carbocycles. The Morgan fingerprint density at radius 1 is 0.667 bits per heavy atom. The molecular weight excluding hydrogens is 497 g/mol. The summed E-state index contributed by atoms with van der Waals surface area (Å²) in [5.74, 6) is 0. The summed E-state index contributed by atoms with van der Waals surface area (Å²) in [7, 11) is 0. The summed E-state index contributed by atoms with van der Waals surface area (Å²) >= 11 is 4.48. The molecule has 0 unspecified atom stereocenters. The van der Waals surface area contributed by atoms with Crippen LogP contribution in [0.15, 0.2) is 36.4 Å². The van der Waals surface area contributed by atoms with Gasteiger partial charge in [0.25, 0.3) is 0 Å². The van der Waals surface area contributed by atoms with Crippen molar-refractivity contribution in [3.05, 3.63) is 43.5 Å². The van der Waals surface area contributed by atoms with Gasteiger partial charge in [-0.15, -0.1) is 24.8 Å². The molecule has 0 aliphatic heterocycles. The van der Waals surface area contributed by atoms with E-state index < -0.39 is 0 Å². The second-order valence-electron chi connectivity index (χ2n) is 3.47. The minimum Gasteiger partial charge on any atom is -0.398 e. The lowest BCUT2D eigenvalue weighted by atomic mass is 10.1. The summed E-state index contributed by atoms with van der Waals surface area (Å²) in [4.78, 5) is 0. The highest BCUT2D eigenvalue weighted by molar-refractivity contribution is 14.1. The molecule has 0 heterocycles. The maximum atomic E-state index is 5.79. The number of benzene rings is 2. The fourth-order valence-corrected chi connectivity index (χ4v) is 2.44. The van der Waals surface area contributed by atoms with Crippen LogP contribution in [0.25, 0.3) is 11.1 Å². The zero-order chi connectivity index (χ0) is 11.7. The highest BCUT2D eigenvalue weighted by atomic mass is 127. The smallest absolute Gasteiger partial charge is 0.0450 e. The van der Waals surface area contributed by atoms with E-state index >= 15 is 0 Å². The fourth-order valence-electron chi connectivity index (χ4n) is 1.41. The molecule has 2 aromatic carbocycles. The molecule has 0 aliphatic rings. The average Bonchev–Trinajstić information content (AvgIpc) is 2.26. The van der Waals surface area contributed by atoms with Crippen molar-refractivity contribution in [1.82, 2.24) is 0 Å². The molecule has 0 aromatic heterocycles. The molecule has 18 heavy (non-hydrogen) atoms. The number of nitrogen functional groups attached to an aromatic ring is 2. The van der Waals surface area contributed by atoms with E-state index in [1.165, 1.54) is 0 Å². The van der Waals surface area contributed by atoms with Crippen LogP contribution in [0.2, 0.25) is 0 Å². The predicted octanol–water partition coefficient (Wildman–Crippen LogP) is 4.57. The van der Waals surface area contributed by atoms with Gasteiger partial charge in [0.2, 0.25) is 0 Å². The van der Waals surface area contributed by atoms with Gasteiger partial charge >= 0.3 is 0 Å². The Labute approximate surface area is 146 Å². The molecule has 6 heteroatoms. The zero-order valence-corrected chi connectivity index (χ0v) is 15.1. The van der Waals surface area contributed by atoms with Crippen LogP contribution in [0.3, 0.4) is 0 Å². The maximum Gasteiger partial charge on any atom is 0.0450 e. The van der Waals surface area contributed by atoms with E-state index in [0.29, 0.717) is 0 Å². The first-order valence-electron chi connectivity index (χ1n) is 4.68. The molecule has 0 fully saturated rings. The van der Waals surface area contributed by atoms with Crippen molar-refractivity contribution in [2.24, 2.45) is 0 Å². The van der Waals surface area contributed by atoms with Gasteiger partial charge in [-0.05, 0) is 80.6 Å². The van der Waals surface area contributed by atoms with Gasteiger partial charge in [0.05, 0.1) is 0 Å². The third-order valence-corrected chi connectivity index (χ3v) is 4.20. The fraction of sp³-hybridized carbons (Fsp3) is 0. The van der Waals surface area contributed by atoms with Crippen molar-refractivity contribution in [3.63, 3.8) is 0 Å². The third-order valence-electron chi connectivity index (χ3n) is 2.33. The summed E-state index contributed by atoms with van der Waals surface area (Å²) in [6.07, 6.45) is 0. The van der Waals surface area contributed by atoms with Gasteiger partial charge in [-0.1, -0.05) is 12.1 Å². The minimum atomic E-state index is 0. The first kappa shape index (κ1) is 18.1. The van der Waals surface area contributed by atoms with E-state index in [-0.39, 0.29) is 24.8 Å². The van der Waals surface area contributed by atoms with E-state index in [1.807, 2.05) is 24.3 Å². The SMILES string of the molecule is Cl.Cl.Nc1ccc(-c2ccc(N)c(I)c2)cc1I. The van der Waals surface area contributed by atoms with Crippen molar-refractivity contribution in [2.45, 2.75) is 0 Å². The van der Waals surface area contributed by atoms with E-state index in [2.05, 4.69) is 57.3 Å². The van der Waals surface area contributed by atoms with Crippen LogP contribution in [0.5, 0.6) is 0 Å². The van der Waals surface area contributed by atoms with Crippen molar-refractivity contribution in [2.75, 3.05) is 11.5 Å². The van der Waals surface area contributed by atoms with Crippen molar-refractivity contribution in [1.29, 1.82) is 0 Å². The Morgan fingerprint density at radius 2 is 1.00 bits per heavy atom. The second kappa shape index (κ2) is 7.62. The van der Waals surface area contributed by atoms with Crippen LogP contribution in [0.1, 0.15) is 0 Å². The molecule has 0 amide bonds. The quantitative estimate of drug-likeness (QED) is 0.438. The van der Waals surface area contributed by atoms with E-state index in [9.17, 15) is 0 Å². The topological polar surface area (TPSA) is 52.0 Å². The minimum absolute atomic E-state index is 0. The Hall–Kier alpha value is 0.0800. The molecular formula is C12H12Cl2I2N2. The molecule has 0 atom stereocenters. The first-order chi connectivity index (χ1) is 7.58. The Balaban J connectivity index is 0.00000144. The molecule has 0 bridgehead atoms. The molecule has 2 aromatic rings. The Kier molecular flexibility index (Phi) is 7.65. The zero-order valence-electron chi connectivity index (χ0n) is 9.19. The largest absolute Gasteiger partial charge is 0.398 e. The lowest BCUT2D eigenvalue weighted by Gasteiger charge is -2.06. The summed E-state index contributed by atoms with van der Waals surface area (Å²) in [6.45, 7) is 0. The molecule has 0 aliphatic carbocycles. The number of halogens is 4. The molecule has 4 N–H and O–H groups in total. The number of nitrogens with two attached hydrogens (primary N) is 2. The lowest BCUT2D eigenvalue weighted by molar-refractivity contribution is 1.56. The summed E-state index contributed by atoms with van der Waals surface area (Å²) in [5, 5.41) is 0. The molecule has 0 spiro atoms. The van der Waals surface area contributed by atoms with Crippen LogP contribution in [0.4, 0.5) is 11.4 Å². The van der Waals surface area contributed by atoms with Crippen LogP contribution in [0, 0.1) is 7.14 Å². The predicted molar refractivity (Wildman–Crippen MR) is 101 cm³/mol. The third kappa shape index (κ3) is 4.04. The van der Waals surface area contributed by atoms with Gasteiger partial charge in [-0.3, -0.25) is 0 Å². The first-order valence-corrected chi connectivity index (χ1v) is 6.84. The molecule has 2 nitrogen and oxygen atoms in total. The summed E-state index contributed by atoms with van der Waals surface area (Å²) < 4.78 is 2.14. The van der Waals surface area contributed by atoms with Crippen LogP contribution in [-0.2, 0) is 0 Å². The Morgan fingerprint density at radius 3 is 1.28 bits per heavy atom. The number of hydrogen-bond acceptors (Lipinski definition) is 2. The number of anilines is 2. The summed E-state index contributed by atoms with van der Waals surface area (Å²) in [5.41, 5.74) is 15.5. The monoisotopic (exact) mass is 508 g/mol. The van der Waals surface area contributed by atoms with Crippen molar-refractivity contribution in [3.8, 4) is 11.1 Å². The van der Waals surface area contributed by atoms with Gasteiger partial charge in [-0.2, -0.15) is 0 Å². The lowest BCUT2D eigenvalue weighted by Crippen LogP contribution is -1.91. The molecule has 0 radical (unpaired) electrons. The number of hydrogen-bond donors (Lipinski definition) is 2. The van der Waals surface area contributed by atoms with Gasteiger partial charge in [0.1, 0.15) is 0 Å². The second-order valence-corrected chi connectivity index (χ2v) is 5.80. The average molecular weight is 509 g/mol. The highest BCUT2D eigenvalue weighted by Gasteiger charge is 2.03. The van der Waals surface area contributed by atoms with Gasteiger partial charge < -0.3 is 11.5 Å². The normalized spacial score (nSPS) is 9.22. The van der Waals surface area contributed by atoms with E-state index in [0.717, 1.165) is 29.6 Å². The van der Waals surface area contributed by atoms with E-state index in [1.54, 1.807) is 0 Å². The summed E-state index contributed by atoms with van der Waals surface area (Å²) in [6, 6.07) is 12.1. The van der Waals surface area contributed by atoms with Gasteiger partial charge in [0.15, 0.2) is 0 Å². The van der Waals surface area contributed by atoms with Crippen molar-refractivity contribution >= 4 is 81.4 Å². The van der Waals surface area contributed by atoms with Crippen molar-refractivity contribution < 1.29 is 0 Å². The van der Waals surface area contributed by atoms with Gasteiger partial charge in [0, 0.05) is 18.5 Å². The molecule has 2 rings (SSSR count). The van der Waals surface area contributed by atoms with Crippen LogP contribution >= 0.6 is 70.0 Å². The van der Waals surface area contributed by atoms with Gasteiger partial charge in [-0.25, -0.2) is 0 Å². The van der Waals surface area contributed by atoms with Crippen LogP contribution < -0.4 is 11.5 Å². The maximum absolute atomic E-state index is 5.79. The molecule has 98 valence electrons.